The summed E-state index contributed by atoms with van der Waals surface area (Å²) >= 11 is 0. The number of rotatable bonds is 2. The average Bonchev–Trinajstić information content (AvgIpc) is 2.15. The van der Waals surface area contributed by atoms with Crippen LogP contribution in [0.15, 0.2) is 18.2 Å². The number of hydrogen-bond donors (Lipinski definition) is 4. The summed E-state index contributed by atoms with van der Waals surface area (Å²) in [6.45, 7) is 1.08. The number of carbonyl (C=O) groups is 3. The van der Waals surface area contributed by atoms with E-state index in [1.807, 2.05) is 0 Å². The summed E-state index contributed by atoms with van der Waals surface area (Å²) < 4.78 is 0. The molecule has 17 heavy (non-hydrogen) atoms. The maximum Gasteiger partial charge on any atom is 0.340 e. The molecule has 0 atom stereocenters. The van der Waals surface area contributed by atoms with E-state index in [1.165, 1.54) is 6.07 Å². The molecule has 0 heterocycles. The lowest BCUT2D eigenvalue weighted by atomic mass is 10.1. The Kier molecular flexibility index (Phi) is 5.19. The summed E-state index contributed by atoms with van der Waals surface area (Å²) in [6, 6.07) is 3.51. The maximum atomic E-state index is 10.5. The topological polar surface area (TPSA) is 132 Å². The van der Waals surface area contributed by atoms with Gasteiger partial charge in [-0.3, -0.25) is 4.79 Å². The van der Waals surface area contributed by atoms with Gasteiger partial charge in [0.1, 0.15) is 11.3 Å². The van der Waals surface area contributed by atoms with Crippen LogP contribution in [0.1, 0.15) is 27.6 Å². The number of carboxylic acids is 3. The Labute approximate surface area is 95.6 Å². The molecule has 0 aliphatic carbocycles. The van der Waals surface area contributed by atoms with Crippen molar-refractivity contribution in [1.82, 2.24) is 0 Å². The highest BCUT2D eigenvalue weighted by Crippen LogP contribution is 2.20. The molecule has 0 saturated carbocycles. The highest BCUT2D eigenvalue weighted by Gasteiger charge is 2.19. The molecule has 0 bridgehead atoms. The molecule has 1 aromatic rings. The molecular weight excluding hydrogens is 232 g/mol. The molecule has 7 nitrogen and oxygen atoms in total. The number of phenols is 1. The minimum atomic E-state index is -1.46. The first-order valence-corrected chi connectivity index (χ1v) is 4.25. The lowest BCUT2D eigenvalue weighted by Crippen LogP contribution is -2.07. The third-order valence-corrected chi connectivity index (χ3v) is 1.49. The van der Waals surface area contributed by atoms with Crippen LogP contribution in [0.2, 0.25) is 0 Å². The molecule has 7 heteroatoms. The number of aromatic carboxylic acids is 2. The zero-order valence-electron chi connectivity index (χ0n) is 8.75. The van der Waals surface area contributed by atoms with E-state index in [4.69, 9.17) is 25.2 Å². The predicted molar refractivity (Wildman–Crippen MR) is 55.3 cm³/mol. The summed E-state index contributed by atoms with van der Waals surface area (Å²) in [5, 5.41) is 33.6. The number of benzene rings is 1. The highest BCUT2D eigenvalue weighted by molar-refractivity contribution is 6.03. The van der Waals surface area contributed by atoms with Crippen LogP contribution in [0.25, 0.3) is 0 Å². The third kappa shape index (κ3) is 4.65. The van der Waals surface area contributed by atoms with Crippen LogP contribution >= 0.6 is 0 Å². The first-order chi connectivity index (χ1) is 7.77. The number of hydrogen-bond acceptors (Lipinski definition) is 4. The lowest BCUT2D eigenvalue weighted by molar-refractivity contribution is -0.134. The van der Waals surface area contributed by atoms with Crippen LogP contribution in [0.5, 0.6) is 5.75 Å². The van der Waals surface area contributed by atoms with E-state index in [2.05, 4.69) is 0 Å². The van der Waals surface area contributed by atoms with Crippen molar-refractivity contribution in [2.24, 2.45) is 0 Å². The van der Waals surface area contributed by atoms with E-state index in [0.29, 0.717) is 0 Å². The van der Waals surface area contributed by atoms with Gasteiger partial charge in [0.25, 0.3) is 5.97 Å². The Balaban J connectivity index is 0.000000557. The summed E-state index contributed by atoms with van der Waals surface area (Å²) in [5.41, 5.74) is -1.01. The molecule has 1 aromatic carbocycles. The second-order valence-corrected chi connectivity index (χ2v) is 2.83. The fraction of sp³-hybridized carbons (Fsp3) is 0.100. The SMILES string of the molecule is CC(=O)O.O=C(O)c1cccc(O)c1C(=O)O. The second kappa shape index (κ2) is 6.11. The Morgan fingerprint density at radius 3 is 1.76 bits per heavy atom. The van der Waals surface area contributed by atoms with Crippen molar-refractivity contribution in [3.05, 3.63) is 29.3 Å². The maximum absolute atomic E-state index is 10.5. The van der Waals surface area contributed by atoms with Gasteiger partial charge in [-0.1, -0.05) is 6.07 Å². The molecule has 0 aromatic heterocycles. The number of carboxylic acid groups (broad SMARTS) is 3. The molecule has 0 amide bonds. The first kappa shape index (κ1) is 14.4. The van der Waals surface area contributed by atoms with Crippen LogP contribution in [0, 0.1) is 0 Å². The average molecular weight is 242 g/mol. The molecule has 0 unspecified atom stereocenters. The zero-order chi connectivity index (χ0) is 13.6. The van der Waals surface area contributed by atoms with Gasteiger partial charge in [0.15, 0.2) is 0 Å². The van der Waals surface area contributed by atoms with Crippen molar-refractivity contribution in [1.29, 1.82) is 0 Å². The zero-order valence-corrected chi connectivity index (χ0v) is 8.75. The Morgan fingerprint density at radius 2 is 1.47 bits per heavy atom. The van der Waals surface area contributed by atoms with Gasteiger partial charge < -0.3 is 20.4 Å². The van der Waals surface area contributed by atoms with Gasteiger partial charge in [-0.2, -0.15) is 0 Å². The molecule has 0 aliphatic heterocycles. The van der Waals surface area contributed by atoms with Gasteiger partial charge in [0, 0.05) is 6.92 Å². The van der Waals surface area contributed by atoms with Crippen LogP contribution in [0.3, 0.4) is 0 Å². The van der Waals surface area contributed by atoms with Gasteiger partial charge in [0.2, 0.25) is 0 Å². The van der Waals surface area contributed by atoms with Crippen molar-refractivity contribution in [2.75, 3.05) is 0 Å². The molecule has 0 radical (unpaired) electrons. The third-order valence-electron chi connectivity index (χ3n) is 1.49. The van der Waals surface area contributed by atoms with E-state index < -0.39 is 34.8 Å². The van der Waals surface area contributed by atoms with Gasteiger partial charge in [-0.05, 0) is 12.1 Å². The standard InChI is InChI=1S/C8H6O5.C2H4O2/c9-5-3-1-2-4(7(10)11)6(5)8(12)13;1-2(3)4/h1-3,9H,(H,10,11)(H,12,13);1H3,(H,3,4). The normalized spacial score (nSPS) is 8.76. The smallest absolute Gasteiger partial charge is 0.340 e. The highest BCUT2D eigenvalue weighted by atomic mass is 16.4. The Hall–Kier alpha value is -2.57. The van der Waals surface area contributed by atoms with Crippen molar-refractivity contribution in [2.45, 2.75) is 6.92 Å². The predicted octanol–water partition coefficient (Wildman–Crippen LogP) is 0.879. The van der Waals surface area contributed by atoms with Crippen molar-refractivity contribution >= 4 is 17.9 Å². The minimum Gasteiger partial charge on any atom is -0.507 e. The molecule has 0 spiro atoms. The second-order valence-electron chi connectivity index (χ2n) is 2.83. The summed E-state index contributed by atoms with van der Waals surface area (Å²) in [5.74, 6) is -4.23. The van der Waals surface area contributed by atoms with Gasteiger partial charge in [0.05, 0.1) is 5.56 Å². The molecule has 92 valence electrons. The van der Waals surface area contributed by atoms with Crippen LogP contribution in [-0.4, -0.2) is 38.3 Å². The molecule has 1 rings (SSSR count). The van der Waals surface area contributed by atoms with E-state index in [9.17, 15) is 9.59 Å². The first-order valence-electron chi connectivity index (χ1n) is 4.25. The fourth-order valence-corrected chi connectivity index (χ4v) is 0.943. The van der Waals surface area contributed by atoms with Crippen LogP contribution in [-0.2, 0) is 4.79 Å². The lowest BCUT2D eigenvalue weighted by Gasteiger charge is -2.02. The number of aromatic hydroxyl groups is 1. The van der Waals surface area contributed by atoms with E-state index in [1.54, 1.807) is 0 Å². The largest absolute Gasteiger partial charge is 0.507 e. The molecule has 0 aliphatic rings. The quantitative estimate of drug-likeness (QED) is 0.605. The van der Waals surface area contributed by atoms with Crippen LogP contribution < -0.4 is 0 Å². The molecular formula is C10H10O7. The summed E-state index contributed by atoms with van der Waals surface area (Å²) in [4.78, 5) is 30.0. The van der Waals surface area contributed by atoms with Crippen molar-refractivity contribution in [3.63, 3.8) is 0 Å². The van der Waals surface area contributed by atoms with Gasteiger partial charge in [-0.25, -0.2) is 9.59 Å². The Morgan fingerprint density at radius 1 is 1.00 bits per heavy atom. The molecule has 0 fully saturated rings. The monoisotopic (exact) mass is 242 g/mol. The Bertz CT molecular complexity index is 446. The summed E-state index contributed by atoms with van der Waals surface area (Å²) in [7, 11) is 0. The molecule has 0 saturated heterocycles. The van der Waals surface area contributed by atoms with Crippen LogP contribution in [0.4, 0.5) is 0 Å². The molecule has 4 N–H and O–H groups in total. The van der Waals surface area contributed by atoms with Gasteiger partial charge >= 0.3 is 11.9 Å². The van der Waals surface area contributed by atoms with Crippen molar-refractivity contribution in [3.8, 4) is 5.75 Å². The van der Waals surface area contributed by atoms with E-state index in [-0.39, 0.29) is 0 Å². The fourth-order valence-electron chi connectivity index (χ4n) is 0.943. The van der Waals surface area contributed by atoms with E-state index >= 15 is 0 Å². The minimum absolute atomic E-state index is 0.424. The van der Waals surface area contributed by atoms with E-state index in [0.717, 1.165) is 19.1 Å². The van der Waals surface area contributed by atoms with Crippen molar-refractivity contribution < 1.29 is 34.8 Å². The summed E-state index contributed by atoms with van der Waals surface area (Å²) in [6.07, 6.45) is 0. The van der Waals surface area contributed by atoms with Gasteiger partial charge in [-0.15, -0.1) is 0 Å². The number of aliphatic carboxylic acids is 1.